The highest BCUT2D eigenvalue weighted by Crippen LogP contribution is 2.13. The van der Waals surface area contributed by atoms with Crippen molar-refractivity contribution in [1.82, 2.24) is 4.90 Å². The second-order valence-corrected chi connectivity index (χ2v) is 6.03. The SMILES string of the molecule is CC(C)Cc1ccc(CC(=O)N2CCCCC2)cc1. The lowest BCUT2D eigenvalue weighted by Gasteiger charge is -2.26. The third-order valence-electron chi connectivity index (χ3n) is 3.73. The maximum absolute atomic E-state index is 12.2. The van der Waals surface area contributed by atoms with E-state index in [4.69, 9.17) is 0 Å². The Bertz CT molecular complexity index is 402. The highest BCUT2D eigenvalue weighted by molar-refractivity contribution is 5.78. The van der Waals surface area contributed by atoms with Crippen LogP contribution in [0.3, 0.4) is 0 Å². The van der Waals surface area contributed by atoms with E-state index in [1.165, 1.54) is 24.8 Å². The molecule has 1 aliphatic rings. The Morgan fingerprint density at radius 1 is 1.05 bits per heavy atom. The summed E-state index contributed by atoms with van der Waals surface area (Å²) in [7, 11) is 0. The number of carbonyl (C=O) groups is 1. The molecule has 0 spiro atoms. The topological polar surface area (TPSA) is 20.3 Å². The van der Waals surface area contributed by atoms with Gasteiger partial charge in [0.05, 0.1) is 6.42 Å². The van der Waals surface area contributed by atoms with Crippen LogP contribution in [0.15, 0.2) is 24.3 Å². The molecule has 104 valence electrons. The molecule has 1 heterocycles. The fourth-order valence-corrected chi connectivity index (χ4v) is 2.69. The van der Waals surface area contributed by atoms with Crippen LogP contribution in [0.4, 0.5) is 0 Å². The van der Waals surface area contributed by atoms with E-state index in [0.717, 1.165) is 25.1 Å². The maximum atomic E-state index is 12.2. The van der Waals surface area contributed by atoms with Gasteiger partial charge in [0.2, 0.25) is 5.91 Å². The molecule has 1 saturated heterocycles. The number of carbonyl (C=O) groups excluding carboxylic acids is 1. The van der Waals surface area contributed by atoms with E-state index < -0.39 is 0 Å². The molecule has 2 rings (SSSR count). The van der Waals surface area contributed by atoms with E-state index in [1.807, 2.05) is 4.90 Å². The first-order valence-electron chi connectivity index (χ1n) is 7.51. The van der Waals surface area contributed by atoms with E-state index in [-0.39, 0.29) is 5.91 Å². The minimum atomic E-state index is 0.288. The minimum absolute atomic E-state index is 0.288. The van der Waals surface area contributed by atoms with Crippen molar-refractivity contribution < 1.29 is 4.79 Å². The molecule has 1 aromatic rings. The molecule has 0 atom stereocenters. The second kappa shape index (κ2) is 6.74. The zero-order valence-corrected chi connectivity index (χ0v) is 12.2. The number of nitrogens with zero attached hydrogens (tertiary/aromatic N) is 1. The van der Waals surface area contributed by atoms with E-state index >= 15 is 0 Å². The van der Waals surface area contributed by atoms with Crippen LogP contribution in [0.5, 0.6) is 0 Å². The van der Waals surface area contributed by atoms with E-state index in [9.17, 15) is 4.79 Å². The predicted octanol–water partition coefficient (Wildman–Crippen LogP) is 3.44. The number of piperidine rings is 1. The van der Waals surface area contributed by atoms with Crippen LogP contribution < -0.4 is 0 Å². The van der Waals surface area contributed by atoms with Gasteiger partial charge in [0, 0.05) is 13.1 Å². The number of hydrogen-bond acceptors (Lipinski definition) is 1. The molecule has 0 aliphatic carbocycles. The molecule has 0 saturated carbocycles. The lowest BCUT2D eigenvalue weighted by Crippen LogP contribution is -2.36. The standard InChI is InChI=1S/C17H25NO/c1-14(2)12-15-6-8-16(9-7-15)13-17(19)18-10-4-3-5-11-18/h6-9,14H,3-5,10-13H2,1-2H3. The molecular formula is C17H25NO. The van der Waals surface area contributed by atoms with Crippen LogP contribution in [-0.2, 0) is 17.6 Å². The number of rotatable bonds is 4. The van der Waals surface area contributed by atoms with E-state index in [2.05, 4.69) is 38.1 Å². The van der Waals surface area contributed by atoms with Crippen molar-refractivity contribution in [3.63, 3.8) is 0 Å². The summed E-state index contributed by atoms with van der Waals surface area (Å²) >= 11 is 0. The lowest BCUT2D eigenvalue weighted by molar-refractivity contribution is -0.131. The Morgan fingerprint density at radius 3 is 2.21 bits per heavy atom. The van der Waals surface area contributed by atoms with Crippen LogP contribution in [0.25, 0.3) is 0 Å². The van der Waals surface area contributed by atoms with Crippen molar-refractivity contribution in [2.24, 2.45) is 5.92 Å². The average molecular weight is 259 g/mol. The Hall–Kier alpha value is -1.31. The molecule has 0 unspecified atom stereocenters. The van der Waals surface area contributed by atoms with Crippen LogP contribution in [0.2, 0.25) is 0 Å². The summed E-state index contributed by atoms with van der Waals surface area (Å²) in [4.78, 5) is 14.2. The molecule has 1 amide bonds. The lowest BCUT2D eigenvalue weighted by atomic mass is 10.0. The van der Waals surface area contributed by atoms with Gasteiger partial charge in [-0.05, 0) is 42.7 Å². The third kappa shape index (κ3) is 4.38. The second-order valence-electron chi connectivity index (χ2n) is 6.03. The Kier molecular flexibility index (Phi) is 5.00. The van der Waals surface area contributed by atoms with Crippen molar-refractivity contribution in [2.45, 2.75) is 46.0 Å². The van der Waals surface area contributed by atoms with Crippen LogP contribution >= 0.6 is 0 Å². The smallest absolute Gasteiger partial charge is 0.226 e. The van der Waals surface area contributed by atoms with Gasteiger partial charge in [-0.1, -0.05) is 38.1 Å². The van der Waals surface area contributed by atoms with Crippen molar-refractivity contribution in [3.05, 3.63) is 35.4 Å². The summed E-state index contributed by atoms with van der Waals surface area (Å²) in [5.41, 5.74) is 2.51. The molecule has 0 radical (unpaired) electrons. The van der Waals surface area contributed by atoms with Crippen molar-refractivity contribution in [3.8, 4) is 0 Å². The van der Waals surface area contributed by atoms with Gasteiger partial charge in [-0.15, -0.1) is 0 Å². The number of hydrogen-bond donors (Lipinski definition) is 0. The molecule has 1 aliphatic heterocycles. The Balaban J connectivity index is 1.89. The molecule has 2 heteroatoms. The summed E-state index contributed by atoms with van der Waals surface area (Å²) in [5, 5.41) is 0. The first-order chi connectivity index (χ1) is 9.15. The molecule has 2 nitrogen and oxygen atoms in total. The predicted molar refractivity (Wildman–Crippen MR) is 79.1 cm³/mol. The van der Waals surface area contributed by atoms with Crippen molar-refractivity contribution in [1.29, 1.82) is 0 Å². The van der Waals surface area contributed by atoms with Gasteiger partial charge in [0.1, 0.15) is 0 Å². The van der Waals surface area contributed by atoms with Crippen LogP contribution in [-0.4, -0.2) is 23.9 Å². The molecule has 19 heavy (non-hydrogen) atoms. The maximum Gasteiger partial charge on any atom is 0.226 e. The molecule has 0 N–H and O–H groups in total. The van der Waals surface area contributed by atoms with E-state index in [1.54, 1.807) is 0 Å². The normalized spacial score (nSPS) is 15.8. The van der Waals surface area contributed by atoms with Gasteiger partial charge in [-0.25, -0.2) is 0 Å². The minimum Gasteiger partial charge on any atom is -0.342 e. The summed E-state index contributed by atoms with van der Waals surface area (Å²) in [6.45, 7) is 6.36. The van der Waals surface area contributed by atoms with Crippen molar-refractivity contribution >= 4 is 5.91 Å². The summed E-state index contributed by atoms with van der Waals surface area (Å²) < 4.78 is 0. The van der Waals surface area contributed by atoms with Crippen molar-refractivity contribution in [2.75, 3.05) is 13.1 Å². The fourth-order valence-electron chi connectivity index (χ4n) is 2.69. The zero-order chi connectivity index (χ0) is 13.7. The van der Waals surface area contributed by atoms with Gasteiger partial charge in [0.15, 0.2) is 0 Å². The molecular weight excluding hydrogens is 234 g/mol. The summed E-state index contributed by atoms with van der Waals surface area (Å²) in [6, 6.07) is 8.55. The number of amides is 1. The quantitative estimate of drug-likeness (QED) is 0.811. The third-order valence-corrected chi connectivity index (χ3v) is 3.73. The first-order valence-corrected chi connectivity index (χ1v) is 7.51. The highest BCUT2D eigenvalue weighted by Gasteiger charge is 2.16. The molecule has 0 bridgehead atoms. The Labute approximate surface area is 116 Å². The van der Waals surface area contributed by atoms with Gasteiger partial charge in [-0.3, -0.25) is 4.79 Å². The molecule has 0 aromatic heterocycles. The van der Waals surface area contributed by atoms with E-state index in [0.29, 0.717) is 12.3 Å². The summed E-state index contributed by atoms with van der Waals surface area (Å²) in [6.07, 6.45) is 5.27. The summed E-state index contributed by atoms with van der Waals surface area (Å²) in [5.74, 6) is 0.970. The Morgan fingerprint density at radius 2 is 1.63 bits per heavy atom. The van der Waals surface area contributed by atoms with Gasteiger partial charge >= 0.3 is 0 Å². The molecule has 1 fully saturated rings. The van der Waals surface area contributed by atoms with Gasteiger partial charge in [-0.2, -0.15) is 0 Å². The van der Waals surface area contributed by atoms with Gasteiger partial charge in [0.25, 0.3) is 0 Å². The monoisotopic (exact) mass is 259 g/mol. The van der Waals surface area contributed by atoms with Crippen LogP contribution in [0, 0.1) is 5.92 Å². The largest absolute Gasteiger partial charge is 0.342 e. The van der Waals surface area contributed by atoms with Crippen LogP contribution in [0.1, 0.15) is 44.2 Å². The van der Waals surface area contributed by atoms with Gasteiger partial charge < -0.3 is 4.90 Å². The molecule has 1 aromatic carbocycles. The average Bonchev–Trinajstić information content (AvgIpc) is 2.41. The highest BCUT2D eigenvalue weighted by atomic mass is 16.2. The number of likely N-dealkylation sites (tertiary alicyclic amines) is 1. The first kappa shape index (κ1) is 14.1. The fraction of sp³-hybridized carbons (Fsp3) is 0.588. The number of benzene rings is 1. The zero-order valence-electron chi connectivity index (χ0n) is 12.2.